The molecule has 0 saturated heterocycles. The maximum absolute atomic E-state index is 6.43. The zero-order chi connectivity index (χ0) is 18.2. The third-order valence-electron chi connectivity index (χ3n) is 5.97. The van der Waals surface area contributed by atoms with Crippen molar-refractivity contribution in [3.05, 3.63) is 84.9 Å². The molecule has 7 rings (SSSR count). The third-order valence-corrected chi connectivity index (χ3v) is 5.97. The summed E-state index contributed by atoms with van der Waals surface area (Å²) in [6.07, 6.45) is 0. The van der Waals surface area contributed by atoms with E-state index in [0.29, 0.717) is 0 Å². The Morgan fingerprint density at radius 1 is 0.571 bits per heavy atom. The minimum Gasteiger partial charge on any atom is -0.455 e. The molecule has 5 aromatic carbocycles. The Kier molecular flexibility index (Phi) is 2.52. The van der Waals surface area contributed by atoms with E-state index < -0.39 is 0 Å². The molecular weight excluding hydrogens is 342 g/mol. The Morgan fingerprint density at radius 2 is 1.32 bits per heavy atom. The van der Waals surface area contributed by atoms with Crippen LogP contribution in [0.4, 0.5) is 0 Å². The maximum Gasteiger partial charge on any atom is 0.145 e. The van der Waals surface area contributed by atoms with Crippen LogP contribution in [0.2, 0.25) is 0 Å². The minimum atomic E-state index is 0.941. The summed E-state index contributed by atoms with van der Waals surface area (Å²) < 4.78 is 6.43. The summed E-state index contributed by atoms with van der Waals surface area (Å²) in [6, 6.07) is 30.1. The first kappa shape index (κ1) is 14.3. The second kappa shape index (κ2) is 4.93. The lowest BCUT2D eigenvalue weighted by Crippen LogP contribution is -1.74. The van der Waals surface area contributed by atoms with Crippen LogP contribution in [0.3, 0.4) is 0 Å². The topological polar surface area (TPSA) is 28.9 Å². The fourth-order valence-corrected chi connectivity index (χ4v) is 4.65. The van der Waals surface area contributed by atoms with Gasteiger partial charge < -0.3 is 9.40 Å². The van der Waals surface area contributed by atoms with Crippen LogP contribution in [0.5, 0.6) is 0 Å². The molecule has 0 spiro atoms. The first-order valence-corrected chi connectivity index (χ1v) is 9.54. The highest BCUT2D eigenvalue weighted by atomic mass is 16.3. The number of hydrogen-bond acceptors (Lipinski definition) is 1. The molecule has 0 amide bonds. The summed E-state index contributed by atoms with van der Waals surface area (Å²) in [5.41, 5.74) is 4.19. The van der Waals surface area contributed by atoms with Crippen molar-refractivity contribution in [2.24, 2.45) is 0 Å². The van der Waals surface area contributed by atoms with Crippen molar-refractivity contribution in [3.63, 3.8) is 0 Å². The molecule has 0 fully saturated rings. The molecule has 0 aliphatic rings. The first-order chi connectivity index (χ1) is 13.9. The molecular formula is C26H15NO. The van der Waals surface area contributed by atoms with E-state index in [1.807, 2.05) is 0 Å². The van der Waals surface area contributed by atoms with Crippen LogP contribution in [0, 0.1) is 0 Å². The highest BCUT2D eigenvalue weighted by Gasteiger charge is 2.16. The van der Waals surface area contributed by atoms with Crippen LogP contribution in [0.1, 0.15) is 0 Å². The van der Waals surface area contributed by atoms with Gasteiger partial charge in [-0.25, -0.2) is 0 Å². The Labute approximate surface area is 160 Å². The van der Waals surface area contributed by atoms with Crippen LogP contribution in [0.15, 0.2) is 89.3 Å². The molecule has 0 unspecified atom stereocenters. The van der Waals surface area contributed by atoms with Gasteiger partial charge in [-0.05, 0) is 40.4 Å². The summed E-state index contributed by atoms with van der Waals surface area (Å²) in [6.45, 7) is 0. The fraction of sp³-hybridized carbons (Fsp3) is 0. The van der Waals surface area contributed by atoms with Gasteiger partial charge in [0.25, 0.3) is 0 Å². The van der Waals surface area contributed by atoms with Gasteiger partial charge >= 0.3 is 0 Å². The van der Waals surface area contributed by atoms with E-state index in [9.17, 15) is 0 Å². The summed E-state index contributed by atoms with van der Waals surface area (Å²) in [4.78, 5) is 3.63. The van der Waals surface area contributed by atoms with Gasteiger partial charge in [0.1, 0.15) is 11.2 Å². The molecule has 2 aromatic heterocycles. The zero-order valence-corrected chi connectivity index (χ0v) is 15.0. The fourth-order valence-electron chi connectivity index (χ4n) is 4.65. The maximum atomic E-state index is 6.43. The van der Waals surface area contributed by atoms with E-state index in [-0.39, 0.29) is 0 Å². The third kappa shape index (κ3) is 1.72. The van der Waals surface area contributed by atoms with Crippen molar-refractivity contribution in [1.29, 1.82) is 0 Å². The van der Waals surface area contributed by atoms with Gasteiger partial charge in [-0.15, -0.1) is 0 Å². The van der Waals surface area contributed by atoms with Crippen LogP contribution >= 0.6 is 0 Å². The molecule has 28 heavy (non-hydrogen) atoms. The Morgan fingerprint density at radius 3 is 2.21 bits per heavy atom. The average molecular weight is 357 g/mol. The molecule has 7 aromatic rings. The number of aromatic nitrogens is 1. The predicted molar refractivity (Wildman–Crippen MR) is 118 cm³/mol. The van der Waals surface area contributed by atoms with Gasteiger partial charge in [0.05, 0.1) is 16.4 Å². The van der Waals surface area contributed by atoms with Crippen molar-refractivity contribution in [2.75, 3.05) is 0 Å². The Bertz CT molecular complexity index is 1720. The van der Waals surface area contributed by atoms with E-state index >= 15 is 0 Å². The van der Waals surface area contributed by atoms with E-state index in [4.69, 9.17) is 4.42 Å². The van der Waals surface area contributed by atoms with Crippen molar-refractivity contribution in [3.8, 4) is 0 Å². The van der Waals surface area contributed by atoms with Crippen molar-refractivity contribution in [2.45, 2.75) is 0 Å². The molecule has 2 heterocycles. The van der Waals surface area contributed by atoms with E-state index in [0.717, 1.165) is 16.7 Å². The summed E-state index contributed by atoms with van der Waals surface area (Å²) in [7, 11) is 0. The summed E-state index contributed by atoms with van der Waals surface area (Å²) >= 11 is 0. The molecule has 0 radical (unpaired) electrons. The summed E-state index contributed by atoms with van der Waals surface area (Å²) in [5.74, 6) is 0. The second-order valence-corrected chi connectivity index (χ2v) is 7.50. The standard InChI is InChI=1S/C26H15NO/c1-2-7-17-14-23-21(13-16(17)6-1)19-11-12-22-24(26(19)28-23)20-10-9-15-5-3-4-8-18(15)25(20)27-22/h1-14,27H. The van der Waals surface area contributed by atoms with Gasteiger partial charge in [-0.1, -0.05) is 60.7 Å². The molecule has 0 aliphatic carbocycles. The van der Waals surface area contributed by atoms with Gasteiger partial charge in [-0.2, -0.15) is 0 Å². The van der Waals surface area contributed by atoms with Gasteiger partial charge in [0.15, 0.2) is 0 Å². The van der Waals surface area contributed by atoms with Crippen molar-refractivity contribution in [1.82, 2.24) is 4.98 Å². The van der Waals surface area contributed by atoms with Crippen LogP contribution in [-0.2, 0) is 0 Å². The number of fused-ring (bicyclic) bond motifs is 10. The molecule has 0 aliphatic heterocycles. The largest absolute Gasteiger partial charge is 0.455 e. The first-order valence-electron chi connectivity index (χ1n) is 9.54. The number of aromatic amines is 1. The molecule has 130 valence electrons. The number of nitrogens with one attached hydrogen (secondary N) is 1. The highest BCUT2D eigenvalue weighted by molar-refractivity contribution is 6.26. The molecule has 2 nitrogen and oxygen atoms in total. The average Bonchev–Trinajstić information content (AvgIpc) is 3.29. The lowest BCUT2D eigenvalue weighted by Gasteiger charge is -1.98. The Hall–Kier alpha value is -3.78. The molecule has 2 heteroatoms. The SMILES string of the molecule is c1ccc2cc3c(cc2c1)oc1c3ccc2[nH]c3c4ccccc4ccc3c21. The number of benzene rings is 5. The minimum absolute atomic E-state index is 0.941. The number of hydrogen-bond donors (Lipinski definition) is 1. The monoisotopic (exact) mass is 357 g/mol. The summed E-state index contributed by atoms with van der Waals surface area (Å²) in [5, 5.41) is 9.65. The smallest absolute Gasteiger partial charge is 0.145 e. The van der Waals surface area contributed by atoms with E-state index in [2.05, 4.69) is 89.9 Å². The van der Waals surface area contributed by atoms with E-state index in [1.54, 1.807) is 0 Å². The quantitative estimate of drug-likeness (QED) is 0.299. The van der Waals surface area contributed by atoms with Gasteiger partial charge in [-0.3, -0.25) is 0 Å². The van der Waals surface area contributed by atoms with Gasteiger partial charge in [0, 0.05) is 21.5 Å². The predicted octanol–water partition coefficient (Wildman–Crippen LogP) is 7.53. The van der Waals surface area contributed by atoms with Crippen molar-refractivity contribution >= 4 is 65.3 Å². The second-order valence-electron chi connectivity index (χ2n) is 7.50. The molecule has 1 N–H and O–H groups in total. The van der Waals surface area contributed by atoms with Crippen LogP contribution < -0.4 is 0 Å². The highest BCUT2D eigenvalue weighted by Crippen LogP contribution is 2.40. The molecule has 0 bridgehead atoms. The normalized spacial score (nSPS) is 12.3. The Balaban J connectivity index is 1.71. The molecule has 0 atom stereocenters. The van der Waals surface area contributed by atoms with Crippen molar-refractivity contribution < 1.29 is 4.42 Å². The number of furan rings is 1. The number of rotatable bonds is 0. The lowest BCUT2D eigenvalue weighted by atomic mass is 10.0. The van der Waals surface area contributed by atoms with Gasteiger partial charge in [0.2, 0.25) is 0 Å². The van der Waals surface area contributed by atoms with E-state index in [1.165, 1.54) is 48.6 Å². The number of H-pyrrole nitrogens is 1. The van der Waals surface area contributed by atoms with Crippen LogP contribution in [-0.4, -0.2) is 4.98 Å². The molecule has 0 saturated carbocycles. The van der Waals surface area contributed by atoms with Crippen LogP contribution in [0.25, 0.3) is 65.3 Å². The lowest BCUT2D eigenvalue weighted by molar-refractivity contribution is 0.673. The zero-order valence-electron chi connectivity index (χ0n) is 15.0.